The highest BCUT2D eigenvalue weighted by Gasteiger charge is 2.22. The molecular weight excluding hydrogens is 466 g/mol. The SMILES string of the molecule is O=C(Oc1ccccc1-c1nc2ccccn2c1NC1CCCCC1)c1cccc(Br)c1. The van der Waals surface area contributed by atoms with E-state index in [9.17, 15) is 4.79 Å². The first-order valence-corrected chi connectivity index (χ1v) is 11.8. The number of anilines is 1. The third kappa shape index (κ3) is 4.28. The van der Waals surface area contributed by atoms with E-state index in [2.05, 4.69) is 25.6 Å². The normalized spacial score (nSPS) is 14.4. The molecule has 5 rings (SSSR count). The Morgan fingerprint density at radius 1 is 1.00 bits per heavy atom. The van der Waals surface area contributed by atoms with Crippen LogP contribution in [0.15, 0.2) is 77.4 Å². The van der Waals surface area contributed by atoms with Gasteiger partial charge < -0.3 is 10.1 Å². The number of nitrogens with one attached hydrogen (secondary N) is 1. The average Bonchev–Trinajstić information content (AvgIpc) is 3.18. The van der Waals surface area contributed by atoms with Gasteiger partial charge in [0.05, 0.1) is 5.56 Å². The molecule has 1 fully saturated rings. The van der Waals surface area contributed by atoms with Crippen molar-refractivity contribution >= 4 is 33.4 Å². The number of nitrogens with zero attached hydrogens (tertiary/aromatic N) is 2. The summed E-state index contributed by atoms with van der Waals surface area (Å²) in [5.74, 6) is 1.04. The lowest BCUT2D eigenvalue weighted by Gasteiger charge is -2.24. The molecule has 0 atom stereocenters. The molecule has 0 aliphatic heterocycles. The second-order valence-electron chi connectivity index (χ2n) is 8.11. The Morgan fingerprint density at radius 2 is 1.81 bits per heavy atom. The minimum atomic E-state index is -0.399. The number of halogens is 1. The minimum absolute atomic E-state index is 0.399. The number of imidazole rings is 1. The predicted molar refractivity (Wildman–Crippen MR) is 130 cm³/mol. The third-order valence-electron chi connectivity index (χ3n) is 5.88. The Bertz CT molecular complexity index is 1260. The molecule has 2 heterocycles. The van der Waals surface area contributed by atoms with Gasteiger partial charge in [0.2, 0.25) is 0 Å². The summed E-state index contributed by atoms with van der Waals surface area (Å²) >= 11 is 3.41. The van der Waals surface area contributed by atoms with Crippen LogP contribution >= 0.6 is 15.9 Å². The van der Waals surface area contributed by atoms with Gasteiger partial charge in [0.25, 0.3) is 0 Å². The maximum atomic E-state index is 12.8. The minimum Gasteiger partial charge on any atom is -0.422 e. The lowest BCUT2D eigenvalue weighted by atomic mass is 9.95. The first-order chi connectivity index (χ1) is 15.7. The Balaban J connectivity index is 1.54. The molecule has 162 valence electrons. The average molecular weight is 490 g/mol. The molecule has 6 heteroatoms. The fourth-order valence-electron chi connectivity index (χ4n) is 4.29. The molecule has 2 aromatic carbocycles. The van der Waals surface area contributed by atoms with Crippen molar-refractivity contribution in [2.45, 2.75) is 38.1 Å². The molecule has 2 aromatic heterocycles. The lowest BCUT2D eigenvalue weighted by Crippen LogP contribution is -2.23. The maximum absolute atomic E-state index is 12.8. The van der Waals surface area contributed by atoms with E-state index < -0.39 is 5.97 Å². The smallest absolute Gasteiger partial charge is 0.343 e. The molecule has 0 saturated heterocycles. The number of para-hydroxylation sites is 1. The Morgan fingerprint density at radius 3 is 2.66 bits per heavy atom. The first-order valence-electron chi connectivity index (χ1n) is 11.0. The van der Waals surface area contributed by atoms with E-state index in [0.29, 0.717) is 17.4 Å². The van der Waals surface area contributed by atoms with Gasteiger partial charge in [-0.2, -0.15) is 0 Å². The van der Waals surface area contributed by atoms with Crippen LogP contribution in [0.5, 0.6) is 5.75 Å². The van der Waals surface area contributed by atoms with Crippen LogP contribution in [0, 0.1) is 0 Å². The van der Waals surface area contributed by atoms with E-state index in [1.54, 1.807) is 12.1 Å². The number of ether oxygens (including phenoxy) is 1. The molecule has 0 spiro atoms. The zero-order valence-corrected chi connectivity index (χ0v) is 19.2. The number of hydrogen-bond acceptors (Lipinski definition) is 4. The molecule has 0 bridgehead atoms. The van der Waals surface area contributed by atoms with E-state index in [-0.39, 0.29) is 0 Å². The van der Waals surface area contributed by atoms with Crippen molar-refractivity contribution in [3.05, 3.63) is 83.0 Å². The summed E-state index contributed by atoms with van der Waals surface area (Å²) in [5, 5.41) is 3.74. The van der Waals surface area contributed by atoms with Crippen molar-refractivity contribution in [3.8, 4) is 17.0 Å². The van der Waals surface area contributed by atoms with Crippen molar-refractivity contribution < 1.29 is 9.53 Å². The Kier molecular flexibility index (Phi) is 5.95. The standard InChI is InChI=1S/C26H24BrN3O2/c27-19-10-8-9-18(17-19)26(31)32-22-14-5-4-13-21(22)24-25(28-20-11-2-1-3-12-20)30-16-7-6-15-23(30)29-24/h4-10,13-17,20,28H,1-3,11-12H2. The van der Waals surface area contributed by atoms with Crippen LogP contribution in [-0.4, -0.2) is 21.4 Å². The van der Waals surface area contributed by atoms with Crippen LogP contribution in [0.2, 0.25) is 0 Å². The number of rotatable bonds is 5. The molecule has 1 saturated carbocycles. The number of benzene rings is 2. The topological polar surface area (TPSA) is 55.6 Å². The van der Waals surface area contributed by atoms with E-state index in [0.717, 1.165) is 40.0 Å². The summed E-state index contributed by atoms with van der Waals surface area (Å²) in [4.78, 5) is 17.7. The second-order valence-corrected chi connectivity index (χ2v) is 9.03. The zero-order valence-electron chi connectivity index (χ0n) is 17.6. The van der Waals surface area contributed by atoms with Gasteiger partial charge in [-0.1, -0.05) is 59.5 Å². The second kappa shape index (κ2) is 9.17. The summed E-state index contributed by atoms with van der Waals surface area (Å²) in [6.07, 6.45) is 8.10. The maximum Gasteiger partial charge on any atom is 0.343 e. The fourth-order valence-corrected chi connectivity index (χ4v) is 4.69. The van der Waals surface area contributed by atoms with Crippen LogP contribution in [0.4, 0.5) is 5.82 Å². The highest BCUT2D eigenvalue weighted by Crippen LogP contribution is 2.37. The zero-order chi connectivity index (χ0) is 21.9. The molecule has 5 nitrogen and oxygen atoms in total. The van der Waals surface area contributed by atoms with E-state index in [1.165, 1.54) is 19.3 Å². The van der Waals surface area contributed by atoms with E-state index >= 15 is 0 Å². The van der Waals surface area contributed by atoms with E-state index in [1.807, 2.05) is 60.8 Å². The number of esters is 1. The number of aromatic nitrogens is 2. The summed E-state index contributed by atoms with van der Waals surface area (Å²) in [6.45, 7) is 0. The van der Waals surface area contributed by atoms with Crippen LogP contribution in [0.25, 0.3) is 16.9 Å². The number of carbonyl (C=O) groups excluding carboxylic acids is 1. The number of fused-ring (bicyclic) bond motifs is 1. The molecule has 1 aliphatic carbocycles. The van der Waals surface area contributed by atoms with Crippen molar-refractivity contribution in [2.75, 3.05) is 5.32 Å². The molecule has 4 aromatic rings. The summed E-state index contributed by atoms with van der Waals surface area (Å²) in [5.41, 5.74) is 2.93. The highest BCUT2D eigenvalue weighted by atomic mass is 79.9. The molecule has 0 amide bonds. The molecule has 32 heavy (non-hydrogen) atoms. The molecule has 0 unspecified atom stereocenters. The molecule has 1 N–H and O–H groups in total. The Hall–Kier alpha value is -3.12. The molecule has 0 radical (unpaired) electrons. The van der Waals surface area contributed by atoms with Gasteiger partial charge in [0.15, 0.2) is 0 Å². The lowest BCUT2D eigenvalue weighted by molar-refractivity contribution is 0.0735. The quantitative estimate of drug-likeness (QED) is 0.249. The van der Waals surface area contributed by atoms with Gasteiger partial charge in [-0.05, 0) is 55.3 Å². The Labute approximate surface area is 195 Å². The molecule has 1 aliphatic rings. The van der Waals surface area contributed by atoms with Crippen LogP contribution in [-0.2, 0) is 0 Å². The van der Waals surface area contributed by atoms with Gasteiger partial charge in [0, 0.05) is 22.3 Å². The fraction of sp³-hybridized carbons (Fsp3) is 0.231. The van der Waals surface area contributed by atoms with Gasteiger partial charge in [-0.15, -0.1) is 0 Å². The number of hydrogen-bond donors (Lipinski definition) is 1. The van der Waals surface area contributed by atoms with Crippen molar-refractivity contribution in [1.29, 1.82) is 0 Å². The van der Waals surface area contributed by atoms with Gasteiger partial charge in [-0.25, -0.2) is 9.78 Å². The largest absolute Gasteiger partial charge is 0.422 e. The first kappa shape index (κ1) is 20.8. The van der Waals surface area contributed by atoms with Gasteiger partial charge in [0.1, 0.15) is 22.9 Å². The monoisotopic (exact) mass is 489 g/mol. The van der Waals surface area contributed by atoms with E-state index in [4.69, 9.17) is 9.72 Å². The van der Waals surface area contributed by atoms with Gasteiger partial charge in [-0.3, -0.25) is 4.40 Å². The highest BCUT2D eigenvalue weighted by molar-refractivity contribution is 9.10. The van der Waals surface area contributed by atoms with Crippen LogP contribution in [0.1, 0.15) is 42.5 Å². The number of carbonyl (C=O) groups is 1. The van der Waals surface area contributed by atoms with Crippen molar-refractivity contribution in [3.63, 3.8) is 0 Å². The summed E-state index contributed by atoms with van der Waals surface area (Å²) in [7, 11) is 0. The van der Waals surface area contributed by atoms with Crippen molar-refractivity contribution in [1.82, 2.24) is 9.38 Å². The van der Waals surface area contributed by atoms with Crippen molar-refractivity contribution in [2.24, 2.45) is 0 Å². The van der Waals surface area contributed by atoms with Crippen LogP contribution in [0.3, 0.4) is 0 Å². The third-order valence-corrected chi connectivity index (χ3v) is 6.37. The number of pyridine rings is 1. The summed E-state index contributed by atoms with van der Waals surface area (Å²) < 4.78 is 8.76. The summed E-state index contributed by atoms with van der Waals surface area (Å²) in [6, 6.07) is 21.2. The van der Waals surface area contributed by atoms with Gasteiger partial charge >= 0.3 is 5.97 Å². The predicted octanol–water partition coefficient (Wildman–Crippen LogP) is 6.73. The molecular formula is C26H24BrN3O2. The van der Waals surface area contributed by atoms with Crippen LogP contribution < -0.4 is 10.1 Å².